The molecule has 1 aliphatic carbocycles. The second-order valence-electron chi connectivity index (χ2n) is 6.02. The van der Waals surface area contributed by atoms with Gasteiger partial charge in [0.15, 0.2) is 0 Å². The van der Waals surface area contributed by atoms with E-state index >= 15 is 0 Å². The summed E-state index contributed by atoms with van der Waals surface area (Å²) < 4.78 is 0. The van der Waals surface area contributed by atoms with Gasteiger partial charge < -0.3 is 10.0 Å². The third-order valence-electron chi connectivity index (χ3n) is 4.58. The third kappa shape index (κ3) is 2.68. The summed E-state index contributed by atoms with van der Waals surface area (Å²) in [6, 6.07) is 17.0. The highest BCUT2D eigenvalue weighted by atomic mass is 16.3. The van der Waals surface area contributed by atoms with Crippen molar-refractivity contribution in [3.05, 3.63) is 65.2 Å². The average Bonchev–Trinajstić information content (AvgIpc) is 2.87. The molecule has 0 aromatic heterocycles. The zero-order chi connectivity index (χ0) is 14.8. The number of nitrogens with zero attached hydrogens (tertiary/aromatic N) is 1. The molecule has 2 aromatic carbocycles. The van der Waals surface area contributed by atoms with Crippen LogP contribution in [0.15, 0.2) is 48.5 Å². The first-order chi connectivity index (χ1) is 10.2. The lowest BCUT2D eigenvalue weighted by Gasteiger charge is -2.30. The summed E-state index contributed by atoms with van der Waals surface area (Å²) in [6.45, 7) is 3.33. The van der Waals surface area contributed by atoms with Gasteiger partial charge in [-0.15, -0.1) is 0 Å². The van der Waals surface area contributed by atoms with Gasteiger partial charge in [0.25, 0.3) is 0 Å². The number of likely N-dealkylation sites (N-methyl/N-ethyl adjacent to an activating group) is 1. The Labute approximate surface area is 127 Å². The van der Waals surface area contributed by atoms with Crippen molar-refractivity contribution in [2.24, 2.45) is 0 Å². The smallest absolute Gasteiger partial charge is 0.115 e. The molecular weight excluding hydrogens is 258 g/mol. The Bertz CT molecular complexity index is 608. The van der Waals surface area contributed by atoms with E-state index in [-0.39, 0.29) is 0 Å². The summed E-state index contributed by atoms with van der Waals surface area (Å²) in [5.74, 6) is 0.721. The molecule has 1 N–H and O–H groups in total. The van der Waals surface area contributed by atoms with Crippen LogP contribution in [0.25, 0.3) is 0 Å². The van der Waals surface area contributed by atoms with E-state index in [1.54, 1.807) is 0 Å². The van der Waals surface area contributed by atoms with E-state index in [1.165, 1.54) is 16.7 Å². The topological polar surface area (TPSA) is 23.5 Å². The molecule has 2 aromatic rings. The SMILES string of the molecule is CCCN(C)[C@H]1Cc2ccc(O)cc2[C@@H]1c1ccccc1. The van der Waals surface area contributed by atoms with Gasteiger partial charge in [-0.1, -0.05) is 43.3 Å². The maximum atomic E-state index is 9.88. The first kappa shape index (κ1) is 14.2. The molecule has 1 aliphatic rings. The first-order valence-electron chi connectivity index (χ1n) is 7.77. The molecule has 21 heavy (non-hydrogen) atoms. The minimum atomic E-state index is 0.352. The molecule has 0 amide bonds. The van der Waals surface area contributed by atoms with Crippen LogP contribution in [0, 0.1) is 0 Å². The lowest BCUT2D eigenvalue weighted by molar-refractivity contribution is 0.233. The van der Waals surface area contributed by atoms with Crippen molar-refractivity contribution < 1.29 is 5.11 Å². The number of aromatic hydroxyl groups is 1. The number of benzene rings is 2. The average molecular weight is 281 g/mol. The largest absolute Gasteiger partial charge is 0.508 e. The van der Waals surface area contributed by atoms with Crippen LogP contribution >= 0.6 is 0 Å². The predicted octanol–water partition coefficient (Wildman–Crippen LogP) is 3.79. The Kier molecular flexibility index (Phi) is 3.98. The van der Waals surface area contributed by atoms with Crippen LogP contribution < -0.4 is 0 Å². The maximum Gasteiger partial charge on any atom is 0.115 e. The number of phenolic OH excluding ortho intramolecular Hbond substituents is 1. The van der Waals surface area contributed by atoms with Crippen molar-refractivity contribution in [3.63, 3.8) is 0 Å². The molecule has 0 unspecified atom stereocenters. The Morgan fingerprint density at radius 1 is 1.14 bits per heavy atom. The van der Waals surface area contributed by atoms with Crippen LogP contribution in [-0.2, 0) is 6.42 Å². The van der Waals surface area contributed by atoms with Crippen LogP contribution in [0.2, 0.25) is 0 Å². The summed E-state index contributed by atoms with van der Waals surface area (Å²) in [4.78, 5) is 2.47. The van der Waals surface area contributed by atoms with E-state index in [1.807, 2.05) is 12.1 Å². The van der Waals surface area contributed by atoms with Gasteiger partial charge >= 0.3 is 0 Å². The van der Waals surface area contributed by atoms with Gasteiger partial charge in [-0.2, -0.15) is 0 Å². The highest BCUT2D eigenvalue weighted by molar-refractivity contribution is 5.48. The minimum absolute atomic E-state index is 0.352. The van der Waals surface area contributed by atoms with Gasteiger partial charge in [0.1, 0.15) is 5.75 Å². The summed E-state index contributed by atoms with van der Waals surface area (Å²) in [5, 5.41) is 9.88. The molecule has 3 rings (SSSR count). The molecule has 0 spiro atoms. The zero-order valence-corrected chi connectivity index (χ0v) is 12.8. The summed E-state index contributed by atoms with van der Waals surface area (Å²) >= 11 is 0. The number of phenols is 1. The Hall–Kier alpha value is -1.80. The fourth-order valence-electron chi connectivity index (χ4n) is 3.60. The highest BCUT2D eigenvalue weighted by Gasteiger charge is 2.35. The molecular formula is C19H23NO. The monoisotopic (exact) mass is 281 g/mol. The molecule has 2 atom stereocenters. The molecule has 0 saturated heterocycles. The summed E-state index contributed by atoms with van der Waals surface area (Å²) in [5.41, 5.74) is 4.00. The van der Waals surface area contributed by atoms with Crippen molar-refractivity contribution >= 4 is 0 Å². The van der Waals surface area contributed by atoms with Crippen molar-refractivity contribution in [1.82, 2.24) is 4.90 Å². The van der Waals surface area contributed by atoms with Crippen molar-refractivity contribution in [1.29, 1.82) is 0 Å². The van der Waals surface area contributed by atoms with E-state index in [9.17, 15) is 5.11 Å². The van der Waals surface area contributed by atoms with Gasteiger partial charge in [0.2, 0.25) is 0 Å². The molecule has 0 aliphatic heterocycles. The van der Waals surface area contributed by atoms with Gasteiger partial charge in [0.05, 0.1) is 0 Å². The second-order valence-corrected chi connectivity index (χ2v) is 6.02. The van der Waals surface area contributed by atoms with E-state index in [4.69, 9.17) is 0 Å². The molecule has 110 valence electrons. The number of hydrogen-bond acceptors (Lipinski definition) is 2. The molecule has 0 saturated carbocycles. The van der Waals surface area contributed by atoms with Gasteiger partial charge in [0, 0.05) is 12.0 Å². The maximum absolute atomic E-state index is 9.88. The van der Waals surface area contributed by atoms with Crippen LogP contribution in [0.5, 0.6) is 5.75 Å². The number of hydrogen-bond donors (Lipinski definition) is 1. The lowest BCUT2D eigenvalue weighted by atomic mass is 9.89. The van der Waals surface area contributed by atoms with Crippen molar-refractivity contribution in [3.8, 4) is 5.75 Å². The quantitative estimate of drug-likeness (QED) is 0.921. The fraction of sp³-hybridized carbons (Fsp3) is 0.368. The zero-order valence-electron chi connectivity index (χ0n) is 12.8. The molecule has 2 heteroatoms. The van der Waals surface area contributed by atoms with Gasteiger partial charge in [-0.25, -0.2) is 0 Å². The molecule has 0 radical (unpaired) electrons. The minimum Gasteiger partial charge on any atom is -0.508 e. The predicted molar refractivity (Wildman–Crippen MR) is 86.8 cm³/mol. The van der Waals surface area contributed by atoms with E-state index in [0.717, 1.165) is 19.4 Å². The van der Waals surface area contributed by atoms with Crippen molar-refractivity contribution in [2.75, 3.05) is 13.6 Å². The third-order valence-corrected chi connectivity index (χ3v) is 4.58. The second kappa shape index (κ2) is 5.90. The molecule has 0 heterocycles. The Morgan fingerprint density at radius 3 is 2.62 bits per heavy atom. The lowest BCUT2D eigenvalue weighted by Crippen LogP contribution is -2.36. The van der Waals surface area contributed by atoms with Crippen molar-refractivity contribution in [2.45, 2.75) is 31.7 Å². The Morgan fingerprint density at radius 2 is 1.90 bits per heavy atom. The van der Waals surface area contributed by atoms with Gasteiger partial charge in [-0.05, 0) is 55.3 Å². The Balaban J connectivity index is 2.03. The van der Waals surface area contributed by atoms with Crippen LogP contribution in [0.4, 0.5) is 0 Å². The van der Waals surface area contributed by atoms with E-state index in [2.05, 4.69) is 55.3 Å². The van der Waals surface area contributed by atoms with Gasteiger partial charge in [-0.3, -0.25) is 0 Å². The van der Waals surface area contributed by atoms with E-state index in [0.29, 0.717) is 17.7 Å². The molecule has 2 nitrogen and oxygen atoms in total. The van der Waals surface area contributed by atoms with Crippen LogP contribution in [0.1, 0.15) is 36.0 Å². The molecule has 0 bridgehead atoms. The standard InChI is InChI=1S/C19H23NO/c1-3-11-20(2)18-12-15-9-10-16(21)13-17(15)19(18)14-7-5-4-6-8-14/h4-10,13,18-19,21H,3,11-12H2,1-2H3/t18-,19-/m0/s1. The fourth-order valence-corrected chi connectivity index (χ4v) is 3.60. The first-order valence-corrected chi connectivity index (χ1v) is 7.77. The summed E-state index contributed by atoms with van der Waals surface area (Å²) in [6.07, 6.45) is 2.22. The molecule has 0 fully saturated rings. The normalized spacial score (nSPS) is 20.7. The summed E-state index contributed by atoms with van der Waals surface area (Å²) in [7, 11) is 2.22. The highest BCUT2D eigenvalue weighted by Crippen LogP contribution is 2.41. The van der Waals surface area contributed by atoms with E-state index < -0.39 is 0 Å². The van der Waals surface area contributed by atoms with Crippen LogP contribution in [-0.4, -0.2) is 29.6 Å². The number of rotatable bonds is 4. The number of fused-ring (bicyclic) bond motifs is 1. The van der Waals surface area contributed by atoms with Crippen LogP contribution in [0.3, 0.4) is 0 Å².